The molecule has 10 aromatic rings. The quantitative estimate of drug-likeness (QED) is 0.183. The van der Waals surface area contributed by atoms with Crippen molar-refractivity contribution < 1.29 is 4.42 Å². The minimum atomic E-state index is 0.607. The molecule has 0 N–H and O–H groups in total. The number of fused-ring (bicyclic) bond motifs is 7. The summed E-state index contributed by atoms with van der Waals surface area (Å²) in [4.78, 5) is 15.5. The van der Waals surface area contributed by atoms with Crippen molar-refractivity contribution in [3.05, 3.63) is 164 Å². The van der Waals surface area contributed by atoms with Gasteiger partial charge in [-0.25, -0.2) is 15.0 Å². The fourth-order valence-corrected chi connectivity index (χ4v) is 7.19. The zero-order valence-corrected chi connectivity index (χ0v) is 26.3. The maximum absolute atomic E-state index is 6.59. The van der Waals surface area contributed by atoms with Gasteiger partial charge < -0.3 is 4.42 Å². The molecule has 0 fully saturated rings. The van der Waals surface area contributed by atoms with E-state index in [9.17, 15) is 0 Å². The lowest BCUT2D eigenvalue weighted by Gasteiger charge is -2.13. The Morgan fingerprint density at radius 1 is 0.327 bits per heavy atom. The fraction of sp³-hybridized carbons (Fsp3) is 0. The molecule has 0 unspecified atom stereocenters. The summed E-state index contributed by atoms with van der Waals surface area (Å²) in [5, 5.41) is 9.09. The van der Waals surface area contributed by atoms with Gasteiger partial charge in [0.1, 0.15) is 11.2 Å². The lowest BCUT2D eigenvalue weighted by Crippen LogP contribution is -2.01. The van der Waals surface area contributed by atoms with E-state index in [-0.39, 0.29) is 0 Å². The van der Waals surface area contributed by atoms with Crippen LogP contribution in [-0.2, 0) is 0 Å². The summed E-state index contributed by atoms with van der Waals surface area (Å²) in [6, 6.07) is 56.9. The molecule has 2 heterocycles. The highest BCUT2D eigenvalue weighted by Gasteiger charge is 2.20. The van der Waals surface area contributed by atoms with Crippen molar-refractivity contribution >= 4 is 54.3 Å². The molecule has 0 amide bonds. The van der Waals surface area contributed by atoms with Crippen LogP contribution in [0.1, 0.15) is 0 Å². The lowest BCUT2D eigenvalue weighted by atomic mass is 9.94. The molecule has 2 aromatic heterocycles. The Balaban J connectivity index is 1.27. The Bertz CT molecular complexity index is 2890. The van der Waals surface area contributed by atoms with Crippen molar-refractivity contribution in [2.24, 2.45) is 0 Å². The van der Waals surface area contributed by atoms with E-state index in [1.54, 1.807) is 0 Å². The number of hydrogen-bond acceptors (Lipinski definition) is 4. The molecule has 49 heavy (non-hydrogen) atoms. The summed E-state index contributed by atoms with van der Waals surface area (Å²) >= 11 is 0. The Kier molecular flexibility index (Phi) is 6.15. The minimum absolute atomic E-state index is 0.607. The van der Waals surface area contributed by atoms with E-state index in [0.717, 1.165) is 60.5 Å². The van der Waals surface area contributed by atoms with Crippen LogP contribution in [-0.4, -0.2) is 15.0 Å². The third-order valence-corrected chi connectivity index (χ3v) is 9.51. The van der Waals surface area contributed by atoms with Crippen LogP contribution >= 0.6 is 0 Å². The molecule has 4 heteroatoms. The van der Waals surface area contributed by atoms with Gasteiger partial charge in [0.2, 0.25) is 0 Å². The van der Waals surface area contributed by atoms with E-state index in [4.69, 9.17) is 19.4 Å². The lowest BCUT2D eigenvalue weighted by molar-refractivity contribution is 0.670. The van der Waals surface area contributed by atoms with E-state index in [0.29, 0.717) is 17.5 Å². The monoisotopic (exact) mass is 625 g/mol. The highest BCUT2D eigenvalue weighted by atomic mass is 16.3. The Labute approximate surface area is 282 Å². The van der Waals surface area contributed by atoms with Crippen LogP contribution < -0.4 is 0 Å². The first-order valence-corrected chi connectivity index (χ1v) is 16.4. The summed E-state index contributed by atoms with van der Waals surface area (Å²) in [6.07, 6.45) is 0. The van der Waals surface area contributed by atoms with Gasteiger partial charge in [0.05, 0.1) is 0 Å². The van der Waals surface area contributed by atoms with E-state index in [2.05, 4.69) is 121 Å². The Morgan fingerprint density at radius 3 is 1.80 bits per heavy atom. The number of benzene rings is 8. The maximum Gasteiger partial charge on any atom is 0.164 e. The molecule has 10 rings (SSSR count). The first kappa shape index (κ1) is 27.5. The molecule has 0 saturated carbocycles. The highest BCUT2D eigenvalue weighted by molar-refractivity contribution is 6.14. The van der Waals surface area contributed by atoms with Gasteiger partial charge in [-0.15, -0.1) is 0 Å². The second-order valence-corrected chi connectivity index (χ2v) is 12.4. The van der Waals surface area contributed by atoms with Gasteiger partial charge in [-0.3, -0.25) is 0 Å². The van der Waals surface area contributed by atoms with Gasteiger partial charge in [-0.1, -0.05) is 146 Å². The predicted octanol–water partition coefficient (Wildman–Crippen LogP) is 11.9. The summed E-state index contributed by atoms with van der Waals surface area (Å²) in [7, 11) is 0. The second kappa shape index (κ2) is 11.0. The summed E-state index contributed by atoms with van der Waals surface area (Å²) < 4.78 is 6.59. The van der Waals surface area contributed by atoms with Crippen LogP contribution in [0.2, 0.25) is 0 Å². The van der Waals surface area contributed by atoms with Gasteiger partial charge >= 0.3 is 0 Å². The number of para-hydroxylation sites is 1. The average Bonchev–Trinajstić information content (AvgIpc) is 3.56. The number of aromatic nitrogens is 3. The molecule has 0 aliphatic carbocycles. The van der Waals surface area contributed by atoms with E-state index >= 15 is 0 Å². The molecule has 0 atom stereocenters. The molecule has 0 saturated heterocycles. The largest absolute Gasteiger partial charge is 0.455 e. The second-order valence-electron chi connectivity index (χ2n) is 12.4. The van der Waals surface area contributed by atoms with Gasteiger partial charge in [-0.05, 0) is 56.1 Å². The molecule has 0 aliphatic rings. The molecule has 0 radical (unpaired) electrons. The third kappa shape index (κ3) is 4.49. The number of rotatable bonds is 4. The molecular formula is C45H27N3O. The molecule has 228 valence electrons. The number of furan rings is 1. The van der Waals surface area contributed by atoms with Crippen molar-refractivity contribution in [1.29, 1.82) is 0 Å². The van der Waals surface area contributed by atoms with E-state index in [1.165, 1.54) is 21.5 Å². The van der Waals surface area contributed by atoms with Crippen LogP contribution in [0.4, 0.5) is 0 Å². The van der Waals surface area contributed by atoms with Crippen LogP contribution in [0.3, 0.4) is 0 Å². The average molecular weight is 626 g/mol. The van der Waals surface area contributed by atoms with Crippen LogP contribution in [0.15, 0.2) is 168 Å². The fourth-order valence-electron chi connectivity index (χ4n) is 7.19. The van der Waals surface area contributed by atoms with Gasteiger partial charge in [0.15, 0.2) is 17.5 Å². The SMILES string of the molecule is c1ccc(-c2nc(-c3cc(-c4cccc5ccccc45)c4oc5ccccc5c4c3)nc(-c3cccc4c3ccc3ccccc34)n2)cc1. The molecule has 4 nitrogen and oxygen atoms in total. The summed E-state index contributed by atoms with van der Waals surface area (Å²) in [5.41, 5.74) is 6.59. The Morgan fingerprint density at radius 2 is 0.939 bits per heavy atom. The minimum Gasteiger partial charge on any atom is -0.455 e. The van der Waals surface area contributed by atoms with Crippen molar-refractivity contribution in [2.75, 3.05) is 0 Å². The first-order valence-electron chi connectivity index (χ1n) is 16.4. The van der Waals surface area contributed by atoms with Crippen molar-refractivity contribution in [2.45, 2.75) is 0 Å². The third-order valence-electron chi connectivity index (χ3n) is 9.51. The normalized spacial score (nSPS) is 11.7. The van der Waals surface area contributed by atoms with Gasteiger partial charge in [0.25, 0.3) is 0 Å². The van der Waals surface area contributed by atoms with Crippen molar-refractivity contribution in [3.8, 4) is 45.3 Å². The molecule has 0 aliphatic heterocycles. The standard InChI is InChI=1S/C45H27N3O/c1-2-14-30(15-3-1)43-46-44(48-45(47-43)38-22-11-21-34-33-18-7-5-13-29(33)24-25-36(34)38)31-26-39(35-20-10-16-28-12-4-6-17-32(28)35)42-40(27-31)37-19-8-9-23-41(37)49-42/h1-27H. The number of nitrogens with zero attached hydrogens (tertiary/aromatic N) is 3. The summed E-state index contributed by atoms with van der Waals surface area (Å²) in [6.45, 7) is 0. The van der Waals surface area contributed by atoms with Crippen LogP contribution in [0, 0.1) is 0 Å². The van der Waals surface area contributed by atoms with E-state index < -0.39 is 0 Å². The Hall–Kier alpha value is -6.65. The van der Waals surface area contributed by atoms with E-state index in [1.807, 2.05) is 42.5 Å². The molecule has 0 spiro atoms. The van der Waals surface area contributed by atoms with Gasteiger partial charge in [-0.2, -0.15) is 0 Å². The molecule has 8 aromatic carbocycles. The molecular weight excluding hydrogens is 599 g/mol. The first-order chi connectivity index (χ1) is 24.3. The summed E-state index contributed by atoms with van der Waals surface area (Å²) in [5.74, 6) is 1.87. The van der Waals surface area contributed by atoms with Crippen molar-refractivity contribution in [1.82, 2.24) is 15.0 Å². The molecule has 0 bridgehead atoms. The topological polar surface area (TPSA) is 51.8 Å². The highest BCUT2D eigenvalue weighted by Crippen LogP contribution is 2.42. The number of hydrogen-bond donors (Lipinski definition) is 0. The predicted molar refractivity (Wildman–Crippen MR) is 201 cm³/mol. The zero-order valence-electron chi connectivity index (χ0n) is 26.3. The van der Waals surface area contributed by atoms with Gasteiger partial charge in [0, 0.05) is 33.0 Å². The smallest absolute Gasteiger partial charge is 0.164 e. The van der Waals surface area contributed by atoms with Crippen LogP contribution in [0.25, 0.3) is 99.5 Å². The maximum atomic E-state index is 6.59. The zero-order chi connectivity index (χ0) is 32.3. The van der Waals surface area contributed by atoms with Crippen LogP contribution in [0.5, 0.6) is 0 Å². The van der Waals surface area contributed by atoms with Crippen molar-refractivity contribution in [3.63, 3.8) is 0 Å².